The van der Waals surface area contributed by atoms with Gasteiger partial charge in [0.25, 0.3) is 0 Å². The summed E-state index contributed by atoms with van der Waals surface area (Å²) in [5.74, 6) is 0.652. The molecule has 1 saturated heterocycles. The minimum Gasteiger partial charge on any atom is -0.440 e. The van der Waals surface area contributed by atoms with Crippen LogP contribution in [0.4, 0.5) is 14.9 Å². The average molecular weight is 339 g/mol. The molecule has 6 heteroatoms. The van der Waals surface area contributed by atoms with Gasteiger partial charge in [0.15, 0.2) is 11.5 Å². The van der Waals surface area contributed by atoms with Crippen LogP contribution in [0.3, 0.4) is 0 Å². The topological polar surface area (TPSA) is 58.4 Å². The second-order valence-electron chi connectivity index (χ2n) is 6.22. The van der Waals surface area contributed by atoms with E-state index >= 15 is 0 Å². The van der Waals surface area contributed by atoms with Crippen molar-refractivity contribution >= 4 is 22.8 Å². The first-order valence-corrected chi connectivity index (χ1v) is 8.36. The van der Waals surface area contributed by atoms with Crippen molar-refractivity contribution in [1.82, 2.24) is 9.88 Å². The predicted octanol–water partition coefficient (Wildman–Crippen LogP) is 4.38. The molecule has 2 heterocycles. The Morgan fingerprint density at radius 1 is 1.12 bits per heavy atom. The van der Waals surface area contributed by atoms with E-state index in [2.05, 4.69) is 10.3 Å². The number of oxazole rings is 1. The Balaban J connectivity index is 1.37. The molecule has 1 aliphatic heterocycles. The molecule has 25 heavy (non-hydrogen) atoms. The summed E-state index contributed by atoms with van der Waals surface area (Å²) in [5.41, 5.74) is 2.26. The van der Waals surface area contributed by atoms with Crippen LogP contribution in [-0.2, 0) is 0 Å². The lowest BCUT2D eigenvalue weighted by Crippen LogP contribution is -2.40. The molecule has 1 fully saturated rings. The van der Waals surface area contributed by atoms with Crippen LogP contribution < -0.4 is 5.32 Å². The van der Waals surface area contributed by atoms with E-state index in [-0.39, 0.29) is 17.8 Å². The zero-order valence-electron chi connectivity index (χ0n) is 13.6. The van der Waals surface area contributed by atoms with E-state index in [1.165, 1.54) is 12.1 Å². The van der Waals surface area contributed by atoms with Crippen molar-refractivity contribution < 1.29 is 13.6 Å². The van der Waals surface area contributed by atoms with E-state index in [0.717, 1.165) is 29.8 Å². The highest BCUT2D eigenvalue weighted by Gasteiger charge is 2.27. The monoisotopic (exact) mass is 339 g/mol. The zero-order valence-corrected chi connectivity index (χ0v) is 13.6. The number of hydrogen-bond acceptors (Lipinski definition) is 3. The minimum atomic E-state index is -0.322. The highest BCUT2D eigenvalue weighted by molar-refractivity contribution is 5.89. The Labute approximate surface area is 144 Å². The van der Waals surface area contributed by atoms with Crippen LogP contribution in [-0.4, -0.2) is 29.0 Å². The quantitative estimate of drug-likeness (QED) is 0.754. The molecule has 0 radical (unpaired) electrons. The molecule has 0 saturated carbocycles. The second-order valence-corrected chi connectivity index (χ2v) is 6.22. The summed E-state index contributed by atoms with van der Waals surface area (Å²) in [6.07, 6.45) is 1.62. The lowest BCUT2D eigenvalue weighted by Gasteiger charge is -2.30. The van der Waals surface area contributed by atoms with Crippen molar-refractivity contribution in [3.05, 3.63) is 60.2 Å². The molecule has 0 bridgehead atoms. The number of rotatable bonds is 2. The third-order valence-electron chi connectivity index (χ3n) is 4.54. The van der Waals surface area contributed by atoms with Crippen LogP contribution in [0.15, 0.2) is 52.9 Å². The van der Waals surface area contributed by atoms with Gasteiger partial charge in [0.2, 0.25) is 0 Å². The first-order chi connectivity index (χ1) is 12.2. The SMILES string of the molecule is O=C(Nc1ccc(F)cc1)N1CCC(c2nc3ccccc3o2)CC1. The van der Waals surface area contributed by atoms with E-state index in [1.807, 2.05) is 24.3 Å². The van der Waals surface area contributed by atoms with Gasteiger partial charge in [-0.2, -0.15) is 0 Å². The predicted molar refractivity (Wildman–Crippen MR) is 93.0 cm³/mol. The first kappa shape index (κ1) is 15.6. The second kappa shape index (κ2) is 6.55. The summed E-state index contributed by atoms with van der Waals surface area (Å²) in [6, 6.07) is 13.3. The van der Waals surface area contributed by atoms with Crippen molar-refractivity contribution in [3.63, 3.8) is 0 Å². The van der Waals surface area contributed by atoms with Gasteiger partial charge in [-0.15, -0.1) is 0 Å². The van der Waals surface area contributed by atoms with Gasteiger partial charge in [0, 0.05) is 24.7 Å². The maximum Gasteiger partial charge on any atom is 0.321 e. The molecule has 0 atom stereocenters. The van der Waals surface area contributed by atoms with Crippen molar-refractivity contribution in [2.45, 2.75) is 18.8 Å². The normalized spacial score (nSPS) is 15.5. The maximum atomic E-state index is 12.9. The number of amides is 2. The number of aromatic nitrogens is 1. The molecule has 1 aliphatic rings. The standard InChI is InChI=1S/C19H18FN3O2/c20-14-5-7-15(8-6-14)21-19(24)23-11-9-13(10-12-23)18-22-16-3-1-2-4-17(16)25-18/h1-8,13H,9-12H2,(H,21,24). The molecule has 3 aromatic rings. The molecule has 2 amide bonds. The van der Waals surface area contributed by atoms with Crippen molar-refractivity contribution in [1.29, 1.82) is 0 Å². The largest absolute Gasteiger partial charge is 0.440 e. The number of anilines is 1. The fraction of sp³-hybridized carbons (Fsp3) is 0.263. The van der Waals surface area contributed by atoms with E-state index in [1.54, 1.807) is 17.0 Å². The molecular weight excluding hydrogens is 321 g/mol. The van der Waals surface area contributed by atoms with E-state index in [4.69, 9.17) is 4.42 Å². The molecule has 4 rings (SSSR count). The van der Waals surface area contributed by atoms with Crippen LogP contribution in [0.25, 0.3) is 11.1 Å². The Morgan fingerprint density at radius 3 is 2.56 bits per heavy atom. The number of halogens is 1. The molecule has 1 N–H and O–H groups in total. The third-order valence-corrected chi connectivity index (χ3v) is 4.54. The number of fused-ring (bicyclic) bond motifs is 1. The Kier molecular flexibility index (Phi) is 4.09. The number of carbonyl (C=O) groups is 1. The Bertz CT molecular complexity index is 850. The van der Waals surface area contributed by atoms with Crippen LogP contribution in [0.2, 0.25) is 0 Å². The summed E-state index contributed by atoms with van der Waals surface area (Å²) in [7, 11) is 0. The number of benzene rings is 2. The Morgan fingerprint density at radius 2 is 1.84 bits per heavy atom. The molecule has 1 aromatic heterocycles. The summed E-state index contributed by atoms with van der Waals surface area (Å²) >= 11 is 0. The summed E-state index contributed by atoms with van der Waals surface area (Å²) in [4.78, 5) is 18.6. The van der Waals surface area contributed by atoms with Gasteiger partial charge in [-0.3, -0.25) is 0 Å². The molecule has 128 valence electrons. The minimum absolute atomic E-state index is 0.164. The highest BCUT2D eigenvalue weighted by Crippen LogP contribution is 2.30. The van der Waals surface area contributed by atoms with Gasteiger partial charge in [0.05, 0.1) is 0 Å². The number of para-hydroxylation sites is 2. The van der Waals surface area contributed by atoms with Gasteiger partial charge in [0.1, 0.15) is 11.3 Å². The van der Waals surface area contributed by atoms with Crippen molar-refractivity contribution in [3.8, 4) is 0 Å². The lowest BCUT2D eigenvalue weighted by atomic mass is 9.97. The lowest BCUT2D eigenvalue weighted by molar-refractivity contribution is 0.190. The molecule has 0 unspecified atom stereocenters. The van der Waals surface area contributed by atoms with Crippen molar-refractivity contribution in [2.24, 2.45) is 0 Å². The molecule has 2 aromatic carbocycles. The van der Waals surface area contributed by atoms with Crippen LogP contribution in [0.1, 0.15) is 24.7 Å². The zero-order chi connectivity index (χ0) is 17.2. The fourth-order valence-electron chi connectivity index (χ4n) is 3.13. The number of piperidine rings is 1. The molecular formula is C19H18FN3O2. The van der Waals surface area contributed by atoms with Gasteiger partial charge in [-0.25, -0.2) is 14.2 Å². The number of hydrogen-bond donors (Lipinski definition) is 1. The van der Waals surface area contributed by atoms with Gasteiger partial charge < -0.3 is 14.6 Å². The number of nitrogens with zero attached hydrogens (tertiary/aromatic N) is 2. The number of nitrogens with one attached hydrogen (secondary N) is 1. The first-order valence-electron chi connectivity index (χ1n) is 8.36. The average Bonchev–Trinajstić information content (AvgIpc) is 3.08. The van der Waals surface area contributed by atoms with E-state index in [9.17, 15) is 9.18 Å². The number of likely N-dealkylation sites (tertiary alicyclic amines) is 1. The third kappa shape index (κ3) is 3.33. The van der Waals surface area contributed by atoms with Crippen LogP contribution >= 0.6 is 0 Å². The van der Waals surface area contributed by atoms with E-state index < -0.39 is 0 Å². The Hall–Kier alpha value is -2.89. The number of urea groups is 1. The van der Waals surface area contributed by atoms with Gasteiger partial charge in [-0.05, 0) is 49.2 Å². The summed E-state index contributed by atoms with van der Waals surface area (Å²) in [5, 5.41) is 2.80. The smallest absolute Gasteiger partial charge is 0.321 e. The highest BCUT2D eigenvalue weighted by atomic mass is 19.1. The summed E-state index contributed by atoms with van der Waals surface area (Å²) < 4.78 is 18.8. The van der Waals surface area contributed by atoms with Crippen LogP contribution in [0.5, 0.6) is 0 Å². The molecule has 0 aliphatic carbocycles. The van der Waals surface area contributed by atoms with Crippen LogP contribution in [0, 0.1) is 5.82 Å². The fourth-order valence-corrected chi connectivity index (χ4v) is 3.13. The van der Waals surface area contributed by atoms with Gasteiger partial charge in [-0.1, -0.05) is 12.1 Å². The molecule has 0 spiro atoms. The number of carbonyl (C=O) groups excluding carboxylic acids is 1. The van der Waals surface area contributed by atoms with E-state index in [0.29, 0.717) is 18.8 Å². The summed E-state index contributed by atoms with van der Waals surface area (Å²) in [6.45, 7) is 1.27. The van der Waals surface area contributed by atoms with Gasteiger partial charge >= 0.3 is 6.03 Å². The van der Waals surface area contributed by atoms with Crippen molar-refractivity contribution in [2.75, 3.05) is 18.4 Å². The maximum absolute atomic E-state index is 12.9. The molecule has 5 nitrogen and oxygen atoms in total.